The average molecular weight is 319 g/mol. The lowest BCUT2D eigenvalue weighted by Gasteiger charge is -2.10. The van der Waals surface area contributed by atoms with E-state index in [0.29, 0.717) is 6.54 Å². The Morgan fingerprint density at radius 3 is 2.59 bits per heavy atom. The summed E-state index contributed by atoms with van der Waals surface area (Å²) in [5.41, 5.74) is 5.78. The van der Waals surface area contributed by atoms with Crippen molar-refractivity contribution in [1.29, 1.82) is 0 Å². The van der Waals surface area contributed by atoms with Gasteiger partial charge in [0.25, 0.3) is 0 Å². The van der Waals surface area contributed by atoms with E-state index in [9.17, 15) is 0 Å². The zero-order valence-electron chi connectivity index (χ0n) is 12.9. The van der Waals surface area contributed by atoms with Crippen LogP contribution in [-0.2, 0) is 6.54 Å². The van der Waals surface area contributed by atoms with Crippen molar-refractivity contribution in [1.82, 2.24) is 5.43 Å². The lowest BCUT2D eigenvalue weighted by atomic mass is 10.1. The second-order valence-corrected chi connectivity index (χ2v) is 5.10. The first-order chi connectivity index (χ1) is 10.7. The van der Waals surface area contributed by atoms with Gasteiger partial charge < -0.3 is 14.9 Å². The maximum atomic E-state index is 6.12. The van der Waals surface area contributed by atoms with Crippen molar-refractivity contribution in [3.05, 3.63) is 58.6 Å². The van der Waals surface area contributed by atoms with Crippen LogP contribution in [0.25, 0.3) is 0 Å². The van der Waals surface area contributed by atoms with Crippen molar-refractivity contribution < 1.29 is 9.47 Å². The van der Waals surface area contributed by atoms with Gasteiger partial charge in [-0.1, -0.05) is 29.8 Å². The monoisotopic (exact) mass is 318 g/mol. The molecule has 0 amide bonds. The highest BCUT2D eigenvalue weighted by molar-refractivity contribution is 6.31. The van der Waals surface area contributed by atoms with Crippen LogP contribution in [0.3, 0.4) is 0 Å². The van der Waals surface area contributed by atoms with Crippen LogP contribution in [-0.4, -0.2) is 19.9 Å². The average Bonchev–Trinajstić information content (AvgIpc) is 2.55. The molecule has 2 aromatic carbocycles. The molecular weight excluding hydrogens is 300 g/mol. The fourth-order valence-corrected chi connectivity index (χ4v) is 2.25. The summed E-state index contributed by atoms with van der Waals surface area (Å²) < 4.78 is 10.6. The van der Waals surface area contributed by atoms with E-state index in [1.165, 1.54) is 0 Å². The zero-order chi connectivity index (χ0) is 15.9. The topological polar surface area (TPSA) is 42.8 Å². The molecule has 0 aliphatic carbocycles. The van der Waals surface area contributed by atoms with Crippen LogP contribution in [0.2, 0.25) is 5.02 Å². The Balaban J connectivity index is 2.11. The number of nitrogens with zero attached hydrogens (tertiary/aromatic N) is 1. The van der Waals surface area contributed by atoms with Gasteiger partial charge in [0.2, 0.25) is 0 Å². The van der Waals surface area contributed by atoms with Crippen LogP contribution >= 0.6 is 11.6 Å². The van der Waals surface area contributed by atoms with E-state index in [-0.39, 0.29) is 0 Å². The molecule has 0 fully saturated rings. The fourth-order valence-electron chi connectivity index (χ4n) is 2.04. The lowest BCUT2D eigenvalue weighted by Crippen LogP contribution is -2.10. The third-order valence-electron chi connectivity index (χ3n) is 3.27. The molecule has 0 atom stereocenters. The zero-order valence-corrected chi connectivity index (χ0v) is 13.6. The predicted octanol–water partition coefficient (Wildman–Crippen LogP) is 3.87. The van der Waals surface area contributed by atoms with Gasteiger partial charge in [0.15, 0.2) is 0 Å². The van der Waals surface area contributed by atoms with Gasteiger partial charge in [0, 0.05) is 16.7 Å². The Kier molecular flexibility index (Phi) is 5.67. The summed E-state index contributed by atoms with van der Waals surface area (Å²) in [6.07, 6.45) is 0. The van der Waals surface area contributed by atoms with E-state index in [1.807, 2.05) is 49.4 Å². The maximum absolute atomic E-state index is 6.12. The van der Waals surface area contributed by atoms with Crippen molar-refractivity contribution >= 4 is 17.3 Å². The molecule has 0 aliphatic heterocycles. The first-order valence-electron chi connectivity index (χ1n) is 6.88. The standard InChI is InChI=1S/C17H19ClN2O2/c1-12(15-9-8-14(21-2)10-17(15)22-3)20-19-11-13-6-4-5-7-16(13)18/h4-10,19H,11H2,1-3H3/b20-12-. The molecule has 0 aromatic heterocycles. The molecule has 0 saturated heterocycles. The molecule has 4 nitrogen and oxygen atoms in total. The summed E-state index contributed by atoms with van der Waals surface area (Å²) in [4.78, 5) is 0. The summed E-state index contributed by atoms with van der Waals surface area (Å²) in [5.74, 6) is 1.47. The van der Waals surface area contributed by atoms with Crippen molar-refractivity contribution in [2.24, 2.45) is 5.10 Å². The van der Waals surface area contributed by atoms with Gasteiger partial charge >= 0.3 is 0 Å². The SMILES string of the molecule is COc1ccc(/C(C)=N\NCc2ccccc2Cl)c(OC)c1. The molecule has 1 N–H and O–H groups in total. The lowest BCUT2D eigenvalue weighted by molar-refractivity contribution is 0.394. The van der Waals surface area contributed by atoms with E-state index in [1.54, 1.807) is 14.2 Å². The van der Waals surface area contributed by atoms with Crippen molar-refractivity contribution in [2.45, 2.75) is 13.5 Å². The predicted molar refractivity (Wildman–Crippen MR) is 90.0 cm³/mol. The number of hydrazone groups is 1. The van der Waals surface area contributed by atoms with Crippen LogP contribution in [0.15, 0.2) is 47.6 Å². The van der Waals surface area contributed by atoms with Gasteiger partial charge in [-0.05, 0) is 30.7 Å². The van der Waals surface area contributed by atoms with Gasteiger partial charge in [-0.2, -0.15) is 5.10 Å². The maximum Gasteiger partial charge on any atom is 0.131 e. The minimum atomic E-state index is 0.565. The number of hydrogen-bond acceptors (Lipinski definition) is 4. The Morgan fingerprint density at radius 1 is 1.14 bits per heavy atom. The number of hydrogen-bond donors (Lipinski definition) is 1. The highest BCUT2D eigenvalue weighted by Gasteiger charge is 2.08. The summed E-state index contributed by atoms with van der Waals surface area (Å²) in [5, 5.41) is 5.11. The normalized spacial score (nSPS) is 11.2. The summed E-state index contributed by atoms with van der Waals surface area (Å²) in [6, 6.07) is 13.3. The number of methoxy groups -OCH3 is 2. The molecule has 0 unspecified atom stereocenters. The molecule has 0 spiro atoms. The number of rotatable bonds is 6. The van der Waals surface area contributed by atoms with Crippen LogP contribution < -0.4 is 14.9 Å². The summed E-state index contributed by atoms with van der Waals surface area (Å²) in [7, 11) is 3.25. The number of nitrogens with one attached hydrogen (secondary N) is 1. The first kappa shape index (κ1) is 16.2. The van der Waals surface area contributed by atoms with E-state index in [2.05, 4.69) is 10.5 Å². The Morgan fingerprint density at radius 2 is 1.91 bits per heavy atom. The third-order valence-corrected chi connectivity index (χ3v) is 3.64. The fraction of sp³-hybridized carbons (Fsp3) is 0.235. The first-order valence-corrected chi connectivity index (χ1v) is 7.26. The van der Waals surface area contributed by atoms with Crippen molar-refractivity contribution in [2.75, 3.05) is 14.2 Å². The highest BCUT2D eigenvalue weighted by Crippen LogP contribution is 2.25. The van der Waals surface area contributed by atoms with Crippen molar-refractivity contribution in [3.63, 3.8) is 0 Å². The summed E-state index contributed by atoms with van der Waals surface area (Å²) >= 11 is 6.12. The Bertz CT molecular complexity index is 671. The van der Waals surface area contributed by atoms with Gasteiger partial charge in [0.1, 0.15) is 11.5 Å². The van der Waals surface area contributed by atoms with Gasteiger partial charge in [0.05, 0.1) is 26.5 Å². The molecule has 22 heavy (non-hydrogen) atoms. The van der Waals surface area contributed by atoms with E-state index in [4.69, 9.17) is 21.1 Å². The minimum absolute atomic E-state index is 0.565. The Hall–Kier alpha value is -2.20. The van der Waals surface area contributed by atoms with Gasteiger partial charge in [-0.25, -0.2) is 0 Å². The molecule has 0 aliphatic rings. The molecule has 2 aromatic rings. The van der Waals surface area contributed by atoms with Crippen LogP contribution in [0, 0.1) is 0 Å². The number of halogens is 1. The van der Waals surface area contributed by atoms with Crippen LogP contribution in [0.5, 0.6) is 11.5 Å². The van der Waals surface area contributed by atoms with E-state index >= 15 is 0 Å². The molecule has 2 rings (SSSR count). The Labute approximate surface area is 135 Å². The molecule has 0 heterocycles. The molecular formula is C17H19ClN2O2. The van der Waals surface area contributed by atoms with Gasteiger partial charge in [-0.15, -0.1) is 0 Å². The number of benzene rings is 2. The quantitative estimate of drug-likeness (QED) is 0.649. The van der Waals surface area contributed by atoms with Gasteiger partial charge in [-0.3, -0.25) is 0 Å². The molecule has 5 heteroatoms. The van der Waals surface area contributed by atoms with Crippen LogP contribution in [0.4, 0.5) is 0 Å². The molecule has 0 saturated carbocycles. The molecule has 0 bridgehead atoms. The number of ether oxygens (including phenoxy) is 2. The minimum Gasteiger partial charge on any atom is -0.497 e. The second kappa shape index (κ2) is 7.71. The molecule has 0 radical (unpaired) electrons. The van der Waals surface area contributed by atoms with Crippen molar-refractivity contribution in [3.8, 4) is 11.5 Å². The van der Waals surface area contributed by atoms with Crippen LogP contribution in [0.1, 0.15) is 18.1 Å². The molecule has 116 valence electrons. The van der Waals surface area contributed by atoms with E-state index in [0.717, 1.165) is 33.4 Å². The second-order valence-electron chi connectivity index (χ2n) is 4.69. The summed E-state index contributed by atoms with van der Waals surface area (Å²) in [6.45, 7) is 2.49. The van der Waals surface area contributed by atoms with E-state index < -0.39 is 0 Å². The highest BCUT2D eigenvalue weighted by atomic mass is 35.5. The third kappa shape index (κ3) is 3.92. The smallest absolute Gasteiger partial charge is 0.131 e. The largest absolute Gasteiger partial charge is 0.497 e.